The summed E-state index contributed by atoms with van der Waals surface area (Å²) >= 11 is 0. The Kier molecular flexibility index (Phi) is 5.16. The van der Waals surface area contributed by atoms with E-state index in [1.807, 2.05) is 6.92 Å². The second-order valence-electron chi connectivity index (χ2n) is 7.71. The Hall–Kier alpha value is -4.40. The van der Waals surface area contributed by atoms with Crippen molar-refractivity contribution < 1.29 is 22.4 Å². The van der Waals surface area contributed by atoms with E-state index < -0.39 is 11.7 Å². The lowest BCUT2D eigenvalue weighted by atomic mass is 10.1. The van der Waals surface area contributed by atoms with Crippen molar-refractivity contribution in [2.24, 2.45) is 0 Å². The molecule has 5 aromatic rings. The Balaban J connectivity index is 1.59. The van der Waals surface area contributed by atoms with Crippen molar-refractivity contribution in [2.45, 2.75) is 13.1 Å². The van der Waals surface area contributed by atoms with Crippen LogP contribution in [0.2, 0.25) is 0 Å². The maximum absolute atomic E-state index is 13.2. The van der Waals surface area contributed by atoms with Crippen molar-refractivity contribution in [3.05, 3.63) is 96.5 Å². The molecule has 6 nitrogen and oxygen atoms in total. The van der Waals surface area contributed by atoms with Gasteiger partial charge in [0, 0.05) is 29.3 Å². The quantitative estimate of drug-likeness (QED) is 0.343. The number of nitrogens with one attached hydrogen (secondary N) is 1. The van der Waals surface area contributed by atoms with Gasteiger partial charge in [0.2, 0.25) is 0 Å². The van der Waals surface area contributed by atoms with Crippen LogP contribution in [0.1, 0.15) is 21.6 Å². The van der Waals surface area contributed by atoms with Gasteiger partial charge in [-0.05, 0) is 54.4 Å². The van der Waals surface area contributed by atoms with Crippen LogP contribution in [-0.2, 0) is 6.18 Å². The number of halogens is 3. The lowest BCUT2D eigenvalue weighted by Gasteiger charge is -2.09. The van der Waals surface area contributed by atoms with Crippen LogP contribution in [-0.4, -0.2) is 20.3 Å². The topological polar surface area (TPSA) is 72.4 Å². The molecule has 0 atom stereocenters. The van der Waals surface area contributed by atoms with E-state index in [1.54, 1.807) is 47.1 Å². The summed E-state index contributed by atoms with van der Waals surface area (Å²) in [6, 6.07) is 13.7. The van der Waals surface area contributed by atoms with Crippen molar-refractivity contribution in [3.63, 3.8) is 0 Å². The number of aryl methyl sites for hydroxylation is 1. The smallest absolute Gasteiger partial charge is 0.416 e. The van der Waals surface area contributed by atoms with Gasteiger partial charge in [0.15, 0.2) is 6.39 Å². The molecule has 0 saturated heterocycles. The number of benzene rings is 1. The predicted molar refractivity (Wildman–Crippen MR) is 120 cm³/mol. The second-order valence-corrected chi connectivity index (χ2v) is 7.71. The molecule has 4 heterocycles. The number of alkyl halides is 3. The number of aromatic nitrogens is 3. The van der Waals surface area contributed by atoms with Crippen LogP contribution in [0.3, 0.4) is 0 Å². The first-order valence-electron chi connectivity index (χ1n) is 10.2. The van der Waals surface area contributed by atoms with Crippen molar-refractivity contribution in [1.82, 2.24) is 14.4 Å². The van der Waals surface area contributed by atoms with Gasteiger partial charge in [0.1, 0.15) is 12.0 Å². The van der Waals surface area contributed by atoms with Gasteiger partial charge >= 0.3 is 6.18 Å². The molecule has 4 aromatic heterocycles. The lowest BCUT2D eigenvalue weighted by molar-refractivity contribution is -0.137. The number of nitrogens with zero attached hydrogens (tertiary/aromatic N) is 3. The maximum atomic E-state index is 13.2. The molecule has 0 aliphatic heterocycles. The predicted octanol–water partition coefficient (Wildman–Crippen LogP) is 6.24. The van der Waals surface area contributed by atoms with Crippen LogP contribution in [0.4, 0.5) is 18.9 Å². The zero-order chi connectivity index (χ0) is 23.9. The molecular formula is C25H17F3N4O2. The molecule has 0 aliphatic carbocycles. The summed E-state index contributed by atoms with van der Waals surface area (Å²) in [5.41, 5.74) is 3.96. The standard InChI is InChI=1S/C25H17F3N4O2/c1-15-10-19(8-9-29-15)31-24(33)21-11-20-7-4-17(12-32(20)23(21)22-13-34-14-30-22)16-2-5-18(6-3-16)25(26,27)28/h2-14H,1H3,(H,29,31,33). The molecule has 0 aliphatic rings. The van der Waals surface area contributed by atoms with E-state index in [4.69, 9.17) is 4.42 Å². The minimum Gasteiger partial charge on any atom is -0.451 e. The summed E-state index contributed by atoms with van der Waals surface area (Å²) < 4.78 is 45.7. The Bertz CT molecular complexity index is 1490. The number of rotatable bonds is 4. The minimum absolute atomic E-state index is 0.344. The fourth-order valence-corrected chi connectivity index (χ4v) is 3.78. The summed E-state index contributed by atoms with van der Waals surface area (Å²) in [5.74, 6) is -0.344. The normalized spacial score (nSPS) is 11.6. The van der Waals surface area contributed by atoms with Gasteiger partial charge in [-0.2, -0.15) is 13.2 Å². The number of carbonyl (C=O) groups is 1. The summed E-state index contributed by atoms with van der Waals surface area (Å²) in [6.45, 7) is 1.83. The van der Waals surface area contributed by atoms with Crippen molar-refractivity contribution in [3.8, 4) is 22.5 Å². The molecule has 0 spiro atoms. The van der Waals surface area contributed by atoms with Crippen LogP contribution >= 0.6 is 0 Å². The number of pyridine rings is 2. The molecule has 1 N–H and O–H groups in total. The van der Waals surface area contributed by atoms with E-state index in [0.717, 1.165) is 17.8 Å². The zero-order valence-corrected chi connectivity index (χ0v) is 17.8. The van der Waals surface area contributed by atoms with Crippen LogP contribution in [0, 0.1) is 6.92 Å². The van der Waals surface area contributed by atoms with Crippen LogP contribution < -0.4 is 5.32 Å². The summed E-state index contributed by atoms with van der Waals surface area (Å²) in [6.07, 6.45) is 1.66. The lowest BCUT2D eigenvalue weighted by Crippen LogP contribution is -2.12. The number of hydrogen-bond acceptors (Lipinski definition) is 4. The molecular weight excluding hydrogens is 445 g/mol. The molecule has 0 unspecified atom stereocenters. The van der Waals surface area contributed by atoms with Crippen molar-refractivity contribution >= 4 is 17.1 Å². The highest BCUT2D eigenvalue weighted by Crippen LogP contribution is 2.33. The van der Waals surface area contributed by atoms with Crippen LogP contribution in [0.5, 0.6) is 0 Å². The Labute approximate surface area is 191 Å². The number of hydrogen-bond donors (Lipinski definition) is 1. The Morgan fingerprint density at radius 2 is 1.76 bits per heavy atom. The third-order valence-electron chi connectivity index (χ3n) is 5.39. The first kappa shape index (κ1) is 21.4. The first-order chi connectivity index (χ1) is 16.3. The van der Waals surface area contributed by atoms with Gasteiger partial charge in [0.25, 0.3) is 5.91 Å². The Morgan fingerprint density at radius 1 is 1.00 bits per heavy atom. The van der Waals surface area contributed by atoms with Gasteiger partial charge < -0.3 is 14.1 Å². The van der Waals surface area contributed by atoms with Crippen LogP contribution in [0.25, 0.3) is 28.0 Å². The molecule has 170 valence electrons. The number of fused-ring (bicyclic) bond motifs is 1. The minimum atomic E-state index is -4.40. The van der Waals surface area contributed by atoms with Gasteiger partial charge in [0.05, 0.1) is 16.8 Å². The number of carbonyl (C=O) groups excluding carboxylic acids is 1. The maximum Gasteiger partial charge on any atom is 0.416 e. The summed E-state index contributed by atoms with van der Waals surface area (Å²) in [7, 11) is 0. The molecule has 1 aromatic carbocycles. The molecule has 0 bridgehead atoms. The Morgan fingerprint density at radius 3 is 2.44 bits per heavy atom. The molecule has 5 rings (SSSR count). The number of oxazole rings is 1. The summed E-state index contributed by atoms with van der Waals surface area (Å²) in [5, 5.41) is 2.87. The summed E-state index contributed by atoms with van der Waals surface area (Å²) in [4.78, 5) is 21.5. The second kappa shape index (κ2) is 8.18. The largest absolute Gasteiger partial charge is 0.451 e. The van der Waals surface area contributed by atoms with Gasteiger partial charge in [-0.3, -0.25) is 9.78 Å². The molecule has 0 saturated carbocycles. The highest BCUT2D eigenvalue weighted by molar-refractivity contribution is 6.09. The zero-order valence-electron chi connectivity index (χ0n) is 17.8. The fourth-order valence-electron chi connectivity index (χ4n) is 3.78. The average Bonchev–Trinajstić information content (AvgIpc) is 3.46. The SMILES string of the molecule is Cc1cc(NC(=O)c2cc3ccc(-c4ccc(C(F)(F)F)cc4)cn3c2-c2cocn2)ccn1. The molecule has 1 amide bonds. The van der Waals surface area contributed by atoms with Crippen LogP contribution in [0.15, 0.2) is 84.1 Å². The highest BCUT2D eigenvalue weighted by atomic mass is 19.4. The molecule has 0 fully saturated rings. The van der Waals surface area contributed by atoms with E-state index in [2.05, 4.69) is 15.3 Å². The number of amides is 1. The highest BCUT2D eigenvalue weighted by Gasteiger charge is 2.30. The third-order valence-corrected chi connectivity index (χ3v) is 5.39. The van der Waals surface area contributed by atoms with E-state index in [9.17, 15) is 18.0 Å². The molecule has 34 heavy (non-hydrogen) atoms. The van der Waals surface area contributed by atoms with Gasteiger partial charge in [-0.1, -0.05) is 18.2 Å². The first-order valence-corrected chi connectivity index (χ1v) is 10.2. The van der Waals surface area contributed by atoms with E-state index in [1.165, 1.54) is 24.8 Å². The molecule has 9 heteroatoms. The third kappa shape index (κ3) is 4.03. The number of anilines is 1. The van der Waals surface area contributed by atoms with Crippen molar-refractivity contribution in [2.75, 3.05) is 5.32 Å². The van der Waals surface area contributed by atoms with E-state index in [-0.39, 0.29) is 5.91 Å². The molecule has 0 radical (unpaired) electrons. The average molecular weight is 462 g/mol. The van der Waals surface area contributed by atoms with Crippen molar-refractivity contribution in [1.29, 1.82) is 0 Å². The van der Waals surface area contributed by atoms with E-state index in [0.29, 0.717) is 39.3 Å². The monoisotopic (exact) mass is 462 g/mol. The fraction of sp³-hybridized carbons (Fsp3) is 0.0800. The van der Waals surface area contributed by atoms with E-state index >= 15 is 0 Å². The van der Waals surface area contributed by atoms with Gasteiger partial charge in [-0.25, -0.2) is 4.98 Å². The van der Waals surface area contributed by atoms with Gasteiger partial charge in [-0.15, -0.1) is 0 Å².